The Morgan fingerprint density at radius 3 is 2.56 bits per heavy atom. The van der Waals surface area contributed by atoms with Gasteiger partial charge in [-0.15, -0.1) is 0 Å². The molecule has 7 unspecified atom stereocenters. The summed E-state index contributed by atoms with van der Waals surface area (Å²) in [5, 5.41) is 9.44. The van der Waals surface area contributed by atoms with E-state index in [2.05, 4.69) is 13.8 Å². The SMILES string of the molecule is CC12CCCCC1CCC1C2CCC2(C)C(CCCCc3ccccc3C(=O)O)CCC12. The van der Waals surface area contributed by atoms with Gasteiger partial charge < -0.3 is 5.11 Å². The van der Waals surface area contributed by atoms with Gasteiger partial charge in [-0.25, -0.2) is 4.79 Å². The Balaban J connectivity index is 1.20. The summed E-state index contributed by atoms with van der Waals surface area (Å²) in [4.78, 5) is 11.5. The molecule has 4 aliphatic carbocycles. The van der Waals surface area contributed by atoms with E-state index in [-0.39, 0.29) is 0 Å². The molecule has 0 saturated heterocycles. The molecule has 0 spiro atoms. The molecule has 2 nitrogen and oxygen atoms in total. The molecule has 4 aliphatic rings. The smallest absolute Gasteiger partial charge is 0.335 e. The summed E-state index contributed by atoms with van der Waals surface area (Å²) in [5.41, 5.74) is 2.72. The monoisotopic (exact) mass is 436 g/mol. The number of hydrogen-bond donors (Lipinski definition) is 1. The van der Waals surface area contributed by atoms with Crippen LogP contribution in [0.1, 0.15) is 113 Å². The molecular formula is C30H44O2. The lowest BCUT2D eigenvalue weighted by Gasteiger charge is -2.60. The molecule has 0 aliphatic heterocycles. The summed E-state index contributed by atoms with van der Waals surface area (Å²) in [6.45, 7) is 5.36. The van der Waals surface area contributed by atoms with E-state index in [9.17, 15) is 9.90 Å². The van der Waals surface area contributed by atoms with Crippen molar-refractivity contribution in [2.24, 2.45) is 40.4 Å². The van der Waals surface area contributed by atoms with Gasteiger partial charge in [-0.1, -0.05) is 51.3 Å². The van der Waals surface area contributed by atoms with Crippen LogP contribution in [0.5, 0.6) is 0 Å². The number of carbonyl (C=O) groups is 1. The van der Waals surface area contributed by atoms with Crippen LogP contribution >= 0.6 is 0 Å². The van der Waals surface area contributed by atoms with E-state index >= 15 is 0 Å². The van der Waals surface area contributed by atoms with Crippen molar-refractivity contribution in [3.05, 3.63) is 35.4 Å². The maximum Gasteiger partial charge on any atom is 0.335 e. The van der Waals surface area contributed by atoms with Crippen molar-refractivity contribution >= 4 is 5.97 Å². The second-order valence-electron chi connectivity index (χ2n) is 12.4. The van der Waals surface area contributed by atoms with E-state index in [1.165, 1.54) is 77.0 Å². The van der Waals surface area contributed by atoms with E-state index in [0.717, 1.165) is 48.0 Å². The van der Waals surface area contributed by atoms with Gasteiger partial charge in [0.25, 0.3) is 0 Å². The van der Waals surface area contributed by atoms with Gasteiger partial charge in [0.2, 0.25) is 0 Å². The largest absolute Gasteiger partial charge is 0.478 e. The third-order valence-corrected chi connectivity index (χ3v) is 11.3. The number of aromatic carboxylic acids is 1. The number of rotatable bonds is 6. The fraction of sp³-hybridized carbons (Fsp3) is 0.767. The first kappa shape index (κ1) is 22.5. The zero-order valence-corrected chi connectivity index (χ0v) is 20.5. The summed E-state index contributed by atoms with van der Waals surface area (Å²) >= 11 is 0. The standard InChI is InChI=1S/C30H44O2/c1-29-19-8-7-12-22(29)14-16-25-26-17-15-23(30(26,2)20-18-27(25)29)11-5-3-9-21-10-4-6-13-24(21)28(31)32/h4,6,10,13,22-23,25-27H,3,5,7-9,11-12,14-20H2,1-2H3,(H,31,32). The highest BCUT2D eigenvalue weighted by molar-refractivity contribution is 5.89. The third-order valence-electron chi connectivity index (χ3n) is 11.3. The summed E-state index contributed by atoms with van der Waals surface area (Å²) in [7, 11) is 0. The minimum atomic E-state index is -0.787. The molecule has 7 atom stereocenters. The number of unbranched alkanes of at least 4 members (excludes halogenated alkanes) is 1. The first-order valence-corrected chi connectivity index (χ1v) is 13.7. The first-order valence-electron chi connectivity index (χ1n) is 13.7. The molecule has 5 rings (SSSR count). The van der Waals surface area contributed by atoms with Crippen LogP contribution in [-0.4, -0.2) is 11.1 Å². The molecule has 4 fully saturated rings. The highest BCUT2D eigenvalue weighted by Gasteiger charge is 2.59. The average molecular weight is 437 g/mol. The number of fused-ring (bicyclic) bond motifs is 5. The van der Waals surface area contributed by atoms with E-state index in [1.54, 1.807) is 6.07 Å². The average Bonchev–Trinajstić information content (AvgIpc) is 3.12. The van der Waals surface area contributed by atoms with Crippen LogP contribution in [-0.2, 0) is 6.42 Å². The Morgan fingerprint density at radius 2 is 1.72 bits per heavy atom. The normalized spacial score (nSPS) is 40.9. The molecular weight excluding hydrogens is 392 g/mol. The quantitative estimate of drug-likeness (QED) is 0.457. The molecule has 4 saturated carbocycles. The second kappa shape index (κ2) is 8.80. The Bertz CT molecular complexity index is 830. The molecule has 1 aromatic rings. The van der Waals surface area contributed by atoms with Crippen LogP contribution in [0.2, 0.25) is 0 Å². The molecule has 0 radical (unpaired) electrons. The Kier molecular flexibility index (Phi) is 6.18. The second-order valence-corrected chi connectivity index (χ2v) is 12.4. The van der Waals surface area contributed by atoms with Crippen molar-refractivity contribution in [1.29, 1.82) is 0 Å². The number of hydrogen-bond acceptors (Lipinski definition) is 1. The van der Waals surface area contributed by atoms with Crippen molar-refractivity contribution in [2.75, 3.05) is 0 Å². The molecule has 1 aromatic carbocycles. The van der Waals surface area contributed by atoms with Gasteiger partial charge in [0.1, 0.15) is 0 Å². The van der Waals surface area contributed by atoms with Crippen LogP contribution in [0.3, 0.4) is 0 Å². The lowest BCUT2D eigenvalue weighted by Crippen LogP contribution is -2.52. The predicted octanol–water partition coefficient (Wildman–Crippen LogP) is 8.15. The predicted molar refractivity (Wildman–Crippen MR) is 131 cm³/mol. The summed E-state index contributed by atoms with van der Waals surface area (Å²) in [5.74, 6) is 4.10. The third kappa shape index (κ3) is 3.74. The Labute approximate surface area is 195 Å². The van der Waals surface area contributed by atoms with Crippen molar-refractivity contribution in [3.63, 3.8) is 0 Å². The van der Waals surface area contributed by atoms with E-state index in [1.807, 2.05) is 18.2 Å². The van der Waals surface area contributed by atoms with Crippen LogP contribution in [0.15, 0.2) is 24.3 Å². The van der Waals surface area contributed by atoms with Crippen molar-refractivity contribution in [1.82, 2.24) is 0 Å². The minimum Gasteiger partial charge on any atom is -0.478 e. The van der Waals surface area contributed by atoms with Gasteiger partial charge in [0, 0.05) is 0 Å². The fourth-order valence-electron chi connectivity index (χ4n) is 9.53. The van der Waals surface area contributed by atoms with E-state index in [0.29, 0.717) is 16.4 Å². The number of carboxylic acids is 1. The molecule has 32 heavy (non-hydrogen) atoms. The van der Waals surface area contributed by atoms with Gasteiger partial charge in [-0.05, 0) is 123 Å². The molecule has 1 N–H and O–H groups in total. The van der Waals surface area contributed by atoms with Gasteiger partial charge in [0.05, 0.1) is 5.56 Å². The highest BCUT2D eigenvalue weighted by Crippen LogP contribution is 2.67. The summed E-state index contributed by atoms with van der Waals surface area (Å²) in [6.07, 6.45) is 19.5. The highest BCUT2D eigenvalue weighted by atomic mass is 16.4. The van der Waals surface area contributed by atoms with Crippen molar-refractivity contribution in [3.8, 4) is 0 Å². The van der Waals surface area contributed by atoms with Crippen molar-refractivity contribution < 1.29 is 9.90 Å². The number of benzene rings is 1. The van der Waals surface area contributed by atoms with Gasteiger partial charge in [-0.2, -0.15) is 0 Å². The summed E-state index contributed by atoms with van der Waals surface area (Å²) < 4.78 is 0. The lowest BCUT2D eigenvalue weighted by molar-refractivity contribution is -0.111. The van der Waals surface area contributed by atoms with Crippen molar-refractivity contribution in [2.45, 2.75) is 104 Å². The Hall–Kier alpha value is -1.31. The molecule has 0 heterocycles. The van der Waals surface area contributed by atoms with Crippen LogP contribution in [0, 0.1) is 40.4 Å². The van der Waals surface area contributed by atoms with Crippen LogP contribution < -0.4 is 0 Å². The number of carboxylic acid groups (broad SMARTS) is 1. The van der Waals surface area contributed by atoms with Crippen LogP contribution in [0.4, 0.5) is 0 Å². The molecule has 0 bridgehead atoms. The van der Waals surface area contributed by atoms with E-state index < -0.39 is 5.97 Å². The molecule has 0 amide bonds. The van der Waals surface area contributed by atoms with Gasteiger partial charge >= 0.3 is 5.97 Å². The zero-order valence-electron chi connectivity index (χ0n) is 20.5. The molecule has 0 aromatic heterocycles. The lowest BCUT2D eigenvalue weighted by atomic mass is 9.45. The Morgan fingerprint density at radius 1 is 0.906 bits per heavy atom. The van der Waals surface area contributed by atoms with Gasteiger partial charge in [-0.3, -0.25) is 0 Å². The summed E-state index contributed by atoms with van der Waals surface area (Å²) in [6, 6.07) is 7.56. The molecule has 2 heteroatoms. The zero-order chi connectivity index (χ0) is 22.3. The maximum atomic E-state index is 11.5. The topological polar surface area (TPSA) is 37.3 Å². The molecule has 176 valence electrons. The number of aryl methyl sites for hydroxylation is 1. The minimum absolute atomic E-state index is 0.491. The van der Waals surface area contributed by atoms with Gasteiger partial charge in [0.15, 0.2) is 0 Å². The fourth-order valence-corrected chi connectivity index (χ4v) is 9.53. The maximum absolute atomic E-state index is 11.5. The van der Waals surface area contributed by atoms with Crippen LogP contribution in [0.25, 0.3) is 0 Å². The first-order chi connectivity index (χ1) is 15.4. The van der Waals surface area contributed by atoms with E-state index in [4.69, 9.17) is 0 Å².